The van der Waals surface area contributed by atoms with Crippen LogP contribution in [0.4, 0.5) is 14.5 Å². The number of aromatic nitrogens is 3. The fourth-order valence-electron chi connectivity index (χ4n) is 7.25. The van der Waals surface area contributed by atoms with Gasteiger partial charge in [-0.2, -0.15) is 13.9 Å². The molecule has 13 heteroatoms. The van der Waals surface area contributed by atoms with Crippen molar-refractivity contribution in [1.82, 2.24) is 25.0 Å². The number of H-pyrrole nitrogens is 1. The number of anilines is 1. The summed E-state index contributed by atoms with van der Waals surface area (Å²) in [6, 6.07) is 16.6. The van der Waals surface area contributed by atoms with Crippen molar-refractivity contribution in [3.05, 3.63) is 83.7 Å². The monoisotopic (exact) mass is 679 g/mol. The number of aliphatic imine (C=N–C) groups is 2. The molecule has 2 aromatic carbocycles. The van der Waals surface area contributed by atoms with Gasteiger partial charge in [0.25, 0.3) is 5.92 Å². The second-order valence-corrected chi connectivity index (χ2v) is 13.4. The number of nitrogens with one attached hydrogen (secondary N) is 1. The molecule has 5 heterocycles. The number of amides is 2. The molecule has 2 aromatic heterocycles. The highest BCUT2D eigenvalue weighted by Gasteiger charge is 2.51. The van der Waals surface area contributed by atoms with Crippen LogP contribution in [0.1, 0.15) is 43.0 Å². The zero-order valence-corrected chi connectivity index (χ0v) is 28.1. The average Bonchev–Trinajstić information content (AvgIpc) is 3.83. The van der Waals surface area contributed by atoms with Crippen molar-refractivity contribution in [2.45, 2.75) is 32.1 Å². The number of hydrogen-bond donors (Lipinski definition) is 2. The summed E-state index contributed by atoms with van der Waals surface area (Å²) >= 11 is 0. The van der Waals surface area contributed by atoms with E-state index in [-0.39, 0.29) is 24.1 Å². The number of amidine groups is 1. The minimum absolute atomic E-state index is 0.0526. The number of aromatic amines is 1. The third kappa shape index (κ3) is 6.40. The number of pyridine rings is 1. The van der Waals surface area contributed by atoms with Gasteiger partial charge in [-0.25, -0.2) is 4.99 Å². The first kappa shape index (κ1) is 33.2. The molecule has 0 saturated carbocycles. The smallest absolute Gasteiger partial charge is 0.286 e. The first-order valence-electron chi connectivity index (χ1n) is 16.7. The maximum atomic E-state index is 14.0. The van der Waals surface area contributed by atoms with Crippen LogP contribution in [0.15, 0.2) is 76.9 Å². The lowest BCUT2D eigenvalue weighted by molar-refractivity contribution is -0.132. The largest absolute Gasteiger partial charge is 0.383 e. The van der Waals surface area contributed by atoms with Crippen molar-refractivity contribution in [3.8, 4) is 11.3 Å². The molecule has 0 aliphatic carbocycles. The molecule has 4 aromatic rings. The van der Waals surface area contributed by atoms with Crippen LogP contribution in [0.2, 0.25) is 0 Å². The van der Waals surface area contributed by atoms with E-state index >= 15 is 0 Å². The number of rotatable bonds is 8. The number of likely N-dealkylation sites (tertiary alicyclic amines) is 1. The molecule has 3 N–H and O–H groups in total. The molecule has 258 valence electrons. The van der Waals surface area contributed by atoms with Crippen LogP contribution in [-0.2, 0) is 15.5 Å². The average molecular weight is 680 g/mol. The van der Waals surface area contributed by atoms with Crippen LogP contribution in [0, 0.1) is 5.41 Å². The van der Waals surface area contributed by atoms with E-state index in [0.717, 1.165) is 41.1 Å². The first-order valence-corrected chi connectivity index (χ1v) is 16.7. The van der Waals surface area contributed by atoms with Gasteiger partial charge in [0.15, 0.2) is 0 Å². The second kappa shape index (κ2) is 13.2. The van der Waals surface area contributed by atoms with Gasteiger partial charge in [0.1, 0.15) is 23.6 Å². The molecule has 7 rings (SSSR count). The van der Waals surface area contributed by atoms with Crippen molar-refractivity contribution in [2.75, 3.05) is 51.2 Å². The molecule has 1 spiro atoms. The van der Waals surface area contributed by atoms with E-state index in [1.807, 2.05) is 52.3 Å². The van der Waals surface area contributed by atoms with E-state index < -0.39 is 11.3 Å². The Morgan fingerprint density at radius 2 is 1.88 bits per heavy atom. The fourth-order valence-corrected chi connectivity index (χ4v) is 7.25. The lowest BCUT2D eigenvalue weighted by atomic mass is 9.85. The number of carbonyl (C=O) groups is 2. The topological polar surface area (TPSA) is 136 Å². The zero-order chi connectivity index (χ0) is 35.0. The molecule has 2 fully saturated rings. The first-order chi connectivity index (χ1) is 24.0. The highest BCUT2D eigenvalue weighted by molar-refractivity contribution is 6.03. The molecule has 2 saturated heterocycles. The van der Waals surface area contributed by atoms with Gasteiger partial charge < -0.3 is 15.5 Å². The summed E-state index contributed by atoms with van der Waals surface area (Å²) in [5.41, 5.74) is 10.8. The van der Waals surface area contributed by atoms with Gasteiger partial charge in [-0.1, -0.05) is 30.3 Å². The number of hydrogen-bond acceptors (Lipinski definition) is 6. The third-order valence-electron chi connectivity index (χ3n) is 10.1. The Bertz CT molecular complexity index is 2030. The summed E-state index contributed by atoms with van der Waals surface area (Å²) in [6.45, 7) is 4.05. The Morgan fingerprint density at radius 3 is 2.62 bits per heavy atom. The van der Waals surface area contributed by atoms with Crippen LogP contribution in [0.25, 0.3) is 27.7 Å². The van der Waals surface area contributed by atoms with Crippen LogP contribution < -0.4 is 10.6 Å². The summed E-state index contributed by atoms with van der Waals surface area (Å²) in [5, 5.41) is 8.11. The van der Waals surface area contributed by atoms with E-state index in [1.54, 1.807) is 13.1 Å². The number of fused-ring (bicyclic) bond motifs is 1. The van der Waals surface area contributed by atoms with Gasteiger partial charge in [-0.15, -0.1) is 0 Å². The number of halogens is 2. The normalized spacial score (nSPS) is 20.5. The zero-order valence-electron chi connectivity index (χ0n) is 28.1. The minimum Gasteiger partial charge on any atom is -0.383 e. The standard InChI is InChI=1S/C37H39F2N9O2/c1-36(38,39)31-19-27(9-14-42-31)33-29-20-28(7-8-30(29)44-45-33)48-18-13-37(35(48)50)12-17-46(22-37)21-32(49)47-15-10-25(11-16-47)24-3-5-26(6-4-24)34(40)43-23-41-2/h3-10,14,19-20,23H,11-13,15-18,21-22H2,1-2H3,(H,44,45)(H2,40,41,43)/t37-/m0/s1. The molecule has 3 aliphatic heterocycles. The molecule has 3 aliphatic rings. The number of nitrogens with zero attached hydrogens (tertiary/aromatic N) is 7. The van der Waals surface area contributed by atoms with E-state index in [1.165, 1.54) is 24.2 Å². The molecular weight excluding hydrogens is 640 g/mol. The van der Waals surface area contributed by atoms with Crippen molar-refractivity contribution < 1.29 is 18.4 Å². The Labute approximate surface area is 288 Å². The second-order valence-electron chi connectivity index (χ2n) is 13.4. The lowest BCUT2D eigenvalue weighted by Crippen LogP contribution is -2.43. The quantitative estimate of drug-likeness (QED) is 0.202. The SMILES string of the molecule is CN=CN=C(N)c1ccc(C2=CCN(C(=O)CN3CC[C@]4(CCN(c5ccc6[nH]nc(-c7ccnc(C(C)(F)F)c7)c6c5)C4=O)C3)CC2)cc1. The maximum Gasteiger partial charge on any atom is 0.286 e. The van der Waals surface area contributed by atoms with E-state index in [2.05, 4.69) is 36.1 Å². The Kier molecular flexibility index (Phi) is 8.77. The van der Waals surface area contributed by atoms with E-state index in [4.69, 9.17) is 5.73 Å². The fraction of sp³-hybridized carbons (Fsp3) is 0.351. The molecule has 1 atom stereocenters. The number of benzene rings is 2. The molecule has 11 nitrogen and oxygen atoms in total. The predicted octanol–water partition coefficient (Wildman–Crippen LogP) is 4.84. The highest BCUT2D eigenvalue weighted by atomic mass is 19.3. The van der Waals surface area contributed by atoms with Crippen molar-refractivity contribution >= 4 is 46.2 Å². The van der Waals surface area contributed by atoms with Crippen LogP contribution in [0.5, 0.6) is 0 Å². The summed E-state index contributed by atoms with van der Waals surface area (Å²) in [5.74, 6) is -2.56. The summed E-state index contributed by atoms with van der Waals surface area (Å²) < 4.78 is 28.0. The Hall–Kier alpha value is -5.30. The van der Waals surface area contributed by atoms with Crippen LogP contribution in [0.3, 0.4) is 0 Å². The van der Waals surface area contributed by atoms with Gasteiger partial charge in [0, 0.05) is 68.5 Å². The maximum absolute atomic E-state index is 14.0. The Morgan fingerprint density at radius 1 is 1.08 bits per heavy atom. The van der Waals surface area contributed by atoms with Crippen molar-refractivity contribution in [2.24, 2.45) is 21.1 Å². The third-order valence-corrected chi connectivity index (χ3v) is 10.1. The van der Waals surface area contributed by atoms with Crippen molar-refractivity contribution in [1.29, 1.82) is 0 Å². The Balaban J connectivity index is 0.980. The molecule has 0 bridgehead atoms. The van der Waals surface area contributed by atoms with E-state index in [9.17, 15) is 18.4 Å². The van der Waals surface area contributed by atoms with Crippen molar-refractivity contribution in [3.63, 3.8) is 0 Å². The van der Waals surface area contributed by atoms with Gasteiger partial charge in [0.2, 0.25) is 11.8 Å². The van der Waals surface area contributed by atoms with Crippen LogP contribution in [-0.4, -0.2) is 95.3 Å². The molecule has 0 unspecified atom stereocenters. The van der Waals surface area contributed by atoms with Gasteiger partial charge in [0.05, 0.1) is 17.5 Å². The molecular formula is C37H39F2N9O2. The number of carbonyl (C=O) groups excluding carboxylic acids is 2. The summed E-state index contributed by atoms with van der Waals surface area (Å²) in [4.78, 5) is 44.9. The minimum atomic E-state index is -3.08. The van der Waals surface area contributed by atoms with Crippen LogP contribution >= 0.6 is 0 Å². The number of nitrogens with two attached hydrogens (primary N) is 1. The molecule has 50 heavy (non-hydrogen) atoms. The molecule has 2 amide bonds. The van der Waals surface area contributed by atoms with Gasteiger partial charge in [-0.05, 0) is 67.3 Å². The predicted molar refractivity (Wildman–Crippen MR) is 190 cm³/mol. The van der Waals surface area contributed by atoms with Gasteiger partial charge >= 0.3 is 0 Å². The lowest BCUT2D eigenvalue weighted by Gasteiger charge is -2.29. The molecule has 0 radical (unpaired) electrons. The van der Waals surface area contributed by atoms with E-state index in [0.29, 0.717) is 62.7 Å². The highest BCUT2D eigenvalue weighted by Crippen LogP contribution is 2.43. The van der Waals surface area contributed by atoms with Gasteiger partial charge in [-0.3, -0.25) is 29.6 Å². The summed E-state index contributed by atoms with van der Waals surface area (Å²) in [6.07, 6.45) is 7.03. The summed E-state index contributed by atoms with van der Waals surface area (Å²) in [7, 11) is 1.64. The number of alkyl halides is 2.